The molecule has 0 atom stereocenters. The van der Waals surface area contributed by atoms with Gasteiger partial charge in [-0.2, -0.15) is 0 Å². The molecule has 2 aromatic rings. The number of thioether (sulfide) groups is 1. The normalized spacial score (nSPS) is 10.9. The lowest BCUT2D eigenvalue weighted by Crippen LogP contribution is -2.13. The predicted octanol–water partition coefficient (Wildman–Crippen LogP) is 1.35. The first kappa shape index (κ1) is 13.5. The fourth-order valence-corrected chi connectivity index (χ4v) is 2.37. The van der Waals surface area contributed by atoms with E-state index in [1.54, 1.807) is 0 Å². The van der Waals surface area contributed by atoms with Crippen LogP contribution in [0.15, 0.2) is 9.57 Å². The highest BCUT2D eigenvalue weighted by Crippen LogP contribution is 2.31. The molecule has 0 radical (unpaired) electrons. The number of aryl methyl sites for hydroxylation is 2. The summed E-state index contributed by atoms with van der Waals surface area (Å²) in [6.45, 7) is 5.61. The maximum atomic E-state index is 10.5. The summed E-state index contributed by atoms with van der Waals surface area (Å²) in [7, 11) is 0. The fraction of sp³-hybridized carbons (Fsp3) is 0.364. The van der Waals surface area contributed by atoms with Gasteiger partial charge < -0.3 is 15.4 Å². The molecule has 0 aliphatic heterocycles. The third kappa shape index (κ3) is 2.43. The molecule has 2 aromatic heterocycles. The van der Waals surface area contributed by atoms with Crippen molar-refractivity contribution >= 4 is 17.7 Å². The van der Waals surface area contributed by atoms with Gasteiger partial charge in [0.05, 0.1) is 11.3 Å². The van der Waals surface area contributed by atoms with E-state index in [1.165, 1.54) is 4.68 Å². The molecule has 0 fully saturated rings. The summed E-state index contributed by atoms with van der Waals surface area (Å²) in [6, 6.07) is 0. The average molecular weight is 282 g/mol. The van der Waals surface area contributed by atoms with Crippen LogP contribution >= 0.6 is 11.8 Å². The molecule has 7 nitrogen and oxygen atoms in total. The van der Waals surface area contributed by atoms with E-state index in [2.05, 4.69) is 10.2 Å². The van der Waals surface area contributed by atoms with Crippen molar-refractivity contribution in [2.24, 2.45) is 0 Å². The Morgan fingerprint density at radius 2 is 2.05 bits per heavy atom. The summed E-state index contributed by atoms with van der Waals surface area (Å²) in [5.74, 6) is 6.85. The monoisotopic (exact) mass is 282 g/mol. The molecule has 0 spiro atoms. The second-order valence-corrected chi connectivity index (χ2v) is 5.02. The number of aliphatic carboxylic acids is 1. The Labute approximate surface area is 113 Å². The number of aromatic nitrogens is 3. The molecule has 2 rings (SSSR count). The van der Waals surface area contributed by atoms with E-state index in [9.17, 15) is 4.79 Å². The van der Waals surface area contributed by atoms with Crippen LogP contribution in [0.1, 0.15) is 17.1 Å². The molecule has 3 N–H and O–H groups in total. The maximum Gasteiger partial charge on any atom is 0.313 e. The van der Waals surface area contributed by atoms with E-state index < -0.39 is 5.97 Å². The molecule has 102 valence electrons. The molecule has 8 heteroatoms. The second kappa shape index (κ2) is 4.96. The number of nitrogens with zero attached hydrogens (tertiary/aromatic N) is 3. The van der Waals surface area contributed by atoms with Crippen LogP contribution in [0.5, 0.6) is 0 Å². The quantitative estimate of drug-likeness (QED) is 0.643. The number of nitrogen functional groups attached to an aromatic ring is 1. The molecule has 0 saturated heterocycles. The zero-order chi connectivity index (χ0) is 14.2. The van der Waals surface area contributed by atoms with Gasteiger partial charge in [0, 0.05) is 5.56 Å². The highest BCUT2D eigenvalue weighted by atomic mass is 32.2. The van der Waals surface area contributed by atoms with Crippen molar-refractivity contribution in [1.29, 1.82) is 0 Å². The highest BCUT2D eigenvalue weighted by molar-refractivity contribution is 7.99. The Morgan fingerprint density at radius 3 is 2.58 bits per heavy atom. The lowest BCUT2D eigenvalue weighted by atomic mass is 10.1. The number of carboxylic acid groups (broad SMARTS) is 1. The van der Waals surface area contributed by atoms with Gasteiger partial charge in [0.25, 0.3) is 0 Å². The molecule has 0 bridgehead atoms. The van der Waals surface area contributed by atoms with Crippen molar-refractivity contribution in [2.45, 2.75) is 25.9 Å². The lowest BCUT2D eigenvalue weighted by molar-refractivity contribution is -0.133. The predicted molar refractivity (Wildman–Crippen MR) is 70.4 cm³/mol. The topological polar surface area (TPSA) is 107 Å². The minimum atomic E-state index is -0.930. The number of carboxylic acids is 1. The van der Waals surface area contributed by atoms with E-state index in [-0.39, 0.29) is 5.75 Å². The van der Waals surface area contributed by atoms with Crippen molar-refractivity contribution in [3.63, 3.8) is 0 Å². The third-order valence-electron chi connectivity index (χ3n) is 2.77. The van der Waals surface area contributed by atoms with Gasteiger partial charge in [0.15, 0.2) is 5.82 Å². The van der Waals surface area contributed by atoms with Gasteiger partial charge in [-0.05, 0) is 20.8 Å². The van der Waals surface area contributed by atoms with Crippen LogP contribution in [0, 0.1) is 20.8 Å². The standard InChI is InChI=1S/C11H14N4O3S/c1-5-6(2)18-7(3)9(5)10-13-14-11(15(10)12)19-4-8(16)17/h4,12H2,1-3H3,(H,16,17). The first-order chi connectivity index (χ1) is 8.91. The van der Waals surface area contributed by atoms with Crippen LogP contribution in [0.2, 0.25) is 0 Å². The van der Waals surface area contributed by atoms with Gasteiger partial charge >= 0.3 is 5.97 Å². The van der Waals surface area contributed by atoms with Crippen LogP contribution in [-0.4, -0.2) is 31.7 Å². The van der Waals surface area contributed by atoms with E-state index >= 15 is 0 Å². The van der Waals surface area contributed by atoms with E-state index in [0.29, 0.717) is 16.7 Å². The fourth-order valence-electron chi connectivity index (χ4n) is 1.79. The molecule has 0 unspecified atom stereocenters. The van der Waals surface area contributed by atoms with Gasteiger partial charge in [-0.3, -0.25) is 4.79 Å². The number of hydrogen-bond donors (Lipinski definition) is 2. The Bertz CT molecular complexity index is 632. The van der Waals surface area contributed by atoms with Crippen LogP contribution in [0.4, 0.5) is 0 Å². The number of carbonyl (C=O) groups is 1. The maximum absolute atomic E-state index is 10.5. The molecule has 0 aromatic carbocycles. The van der Waals surface area contributed by atoms with Crippen LogP contribution in [0.3, 0.4) is 0 Å². The number of nitrogens with two attached hydrogens (primary N) is 1. The zero-order valence-electron chi connectivity index (χ0n) is 10.8. The van der Waals surface area contributed by atoms with Crippen molar-refractivity contribution in [3.05, 3.63) is 17.1 Å². The third-order valence-corrected chi connectivity index (χ3v) is 3.70. The Balaban J connectivity index is 2.39. The summed E-state index contributed by atoms with van der Waals surface area (Å²) in [5.41, 5.74) is 1.75. The Hall–Kier alpha value is -1.96. The van der Waals surface area contributed by atoms with Crippen LogP contribution < -0.4 is 5.84 Å². The van der Waals surface area contributed by atoms with Crippen LogP contribution in [-0.2, 0) is 4.79 Å². The number of furan rings is 1. The first-order valence-corrected chi connectivity index (χ1v) is 6.52. The molecular weight excluding hydrogens is 268 g/mol. The Morgan fingerprint density at radius 1 is 1.37 bits per heavy atom. The molecular formula is C11H14N4O3S. The second-order valence-electron chi connectivity index (χ2n) is 4.07. The SMILES string of the molecule is Cc1oc(C)c(-c2nnc(SCC(=O)O)n2N)c1C. The highest BCUT2D eigenvalue weighted by Gasteiger charge is 2.20. The average Bonchev–Trinajstić information content (AvgIpc) is 2.79. The number of rotatable bonds is 4. The van der Waals surface area contributed by atoms with Crippen molar-refractivity contribution in [1.82, 2.24) is 14.9 Å². The molecule has 0 aliphatic rings. The van der Waals surface area contributed by atoms with Gasteiger partial charge in [-0.1, -0.05) is 11.8 Å². The smallest absolute Gasteiger partial charge is 0.313 e. The van der Waals surface area contributed by atoms with E-state index in [0.717, 1.165) is 28.6 Å². The van der Waals surface area contributed by atoms with Crippen molar-refractivity contribution in [2.75, 3.05) is 11.6 Å². The molecule has 19 heavy (non-hydrogen) atoms. The van der Waals surface area contributed by atoms with Crippen molar-refractivity contribution in [3.8, 4) is 11.4 Å². The molecule has 2 heterocycles. The lowest BCUT2D eigenvalue weighted by Gasteiger charge is -2.02. The van der Waals surface area contributed by atoms with E-state index in [4.69, 9.17) is 15.4 Å². The van der Waals surface area contributed by atoms with Crippen LogP contribution in [0.25, 0.3) is 11.4 Å². The molecule has 0 amide bonds. The summed E-state index contributed by atoms with van der Waals surface area (Å²) >= 11 is 1.02. The van der Waals surface area contributed by atoms with Gasteiger partial charge in [-0.15, -0.1) is 10.2 Å². The largest absolute Gasteiger partial charge is 0.481 e. The zero-order valence-corrected chi connectivity index (χ0v) is 11.6. The van der Waals surface area contributed by atoms with Gasteiger partial charge in [-0.25, -0.2) is 4.68 Å². The minimum absolute atomic E-state index is 0.113. The van der Waals surface area contributed by atoms with Gasteiger partial charge in [0.1, 0.15) is 11.5 Å². The molecule has 0 saturated carbocycles. The summed E-state index contributed by atoms with van der Waals surface area (Å²) < 4.78 is 6.81. The summed E-state index contributed by atoms with van der Waals surface area (Å²) in [6.07, 6.45) is 0. The summed E-state index contributed by atoms with van der Waals surface area (Å²) in [5, 5.41) is 16.9. The van der Waals surface area contributed by atoms with E-state index in [1.807, 2.05) is 20.8 Å². The summed E-state index contributed by atoms with van der Waals surface area (Å²) in [4.78, 5) is 10.5. The first-order valence-electron chi connectivity index (χ1n) is 5.53. The van der Waals surface area contributed by atoms with Gasteiger partial charge in [0.2, 0.25) is 5.16 Å². The number of hydrogen-bond acceptors (Lipinski definition) is 6. The Kier molecular flexibility index (Phi) is 3.52. The molecule has 0 aliphatic carbocycles. The van der Waals surface area contributed by atoms with Crippen molar-refractivity contribution < 1.29 is 14.3 Å². The minimum Gasteiger partial charge on any atom is -0.481 e.